The van der Waals surface area contributed by atoms with Crippen molar-refractivity contribution in [2.75, 3.05) is 39.3 Å². The second-order valence-electron chi connectivity index (χ2n) is 12.9. The van der Waals surface area contributed by atoms with E-state index in [0.717, 1.165) is 22.0 Å². The molecular weight excluding hydrogens is 650 g/mol. The molecule has 3 aliphatic heterocycles. The van der Waals surface area contributed by atoms with E-state index in [2.05, 4.69) is 26.3 Å². The molecule has 0 radical (unpaired) electrons. The number of aromatic amines is 1. The summed E-state index contributed by atoms with van der Waals surface area (Å²) in [6.07, 6.45) is 2.40. The number of aromatic nitrogens is 1. The third kappa shape index (κ3) is 8.59. The Morgan fingerprint density at radius 2 is 1.59 bits per heavy atom. The van der Waals surface area contributed by atoms with Crippen LogP contribution in [0.25, 0.3) is 10.9 Å². The largest absolute Gasteiger partial charge is 0.391 e. The molecule has 0 aliphatic carbocycles. The van der Waals surface area contributed by atoms with Gasteiger partial charge in [0.25, 0.3) is 0 Å². The number of carbonyl (C=O) groups excluding carboxylic acids is 5. The highest BCUT2D eigenvalue weighted by molar-refractivity contribution is 5.96. The Bertz CT molecular complexity index is 1650. The molecule has 4 heterocycles. The number of piperidine rings is 1. The minimum absolute atomic E-state index is 0. The lowest BCUT2D eigenvalue weighted by Gasteiger charge is -2.31. The van der Waals surface area contributed by atoms with E-state index in [1.165, 1.54) is 9.80 Å². The van der Waals surface area contributed by atoms with Crippen LogP contribution in [0.4, 0.5) is 0 Å². The van der Waals surface area contributed by atoms with Gasteiger partial charge in [0.1, 0.15) is 18.1 Å². The van der Waals surface area contributed by atoms with Gasteiger partial charge in [-0.05, 0) is 43.1 Å². The van der Waals surface area contributed by atoms with Gasteiger partial charge in [-0.3, -0.25) is 24.0 Å². The number of nitrogens with one attached hydrogen (secondary N) is 5. The van der Waals surface area contributed by atoms with Gasteiger partial charge in [0.2, 0.25) is 29.5 Å². The van der Waals surface area contributed by atoms with Crippen LogP contribution >= 0.6 is 12.4 Å². The van der Waals surface area contributed by atoms with Crippen molar-refractivity contribution in [1.82, 2.24) is 36.1 Å². The van der Waals surface area contributed by atoms with Crippen LogP contribution in [0, 0.1) is 5.92 Å². The summed E-state index contributed by atoms with van der Waals surface area (Å²) in [6, 6.07) is 13.8. The Hall–Kier alpha value is -4.46. The molecule has 0 unspecified atom stereocenters. The molecule has 49 heavy (non-hydrogen) atoms. The fourth-order valence-corrected chi connectivity index (χ4v) is 7.00. The summed E-state index contributed by atoms with van der Waals surface area (Å²) in [7, 11) is 0. The van der Waals surface area contributed by atoms with Crippen molar-refractivity contribution in [1.29, 1.82) is 0 Å². The van der Waals surface area contributed by atoms with Crippen molar-refractivity contribution in [2.45, 2.75) is 56.3 Å². The molecule has 6 rings (SSSR count). The predicted octanol–water partition coefficient (Wildman–Crippen LogP) is 0.264. The third-order valence-corrected chi connectivity index (χ3v) is 9.53. The number of hydrogen-bond acceptors (Lipinski definition) is 7. The monoisotopic (exact) mass is 693 g/mol. The maximum Gasteiger partial charge on any atom is 0.246 e. The summed E-state index contributed by atoms with van der Waals surface area (Å²) in [5.74, 6) is -2.51. The molecule has 1 aromatic heterocycles. The van der Waals surface area contributed by atoms with Crippen molar-refractivity contribution in [3.63, 3.8) is 0 Å². The predicted molar refractivity (Wildman–Crippen MR) is 185 cm³/mol. The number of amides is 5. The average molecular weight is 694 g/mol. The van der Waals surface area contributed by atoms with Crippen LogP contribution in [0.3, 0.4) is 0 Å². The van der Waals surface area contributed by atoms with E-state index in [9.17, 15) is 29.1 Å². The van der Waals surface area contributed by atoms with Crippen LogP contribution in [0.1, 0.15) is 30.4 Å². The molecule has 262 valence electrons. The number of hydrogen-bond donors (Lipinski definition) is 6. The standard InChI is InChI=1S/C35H43N7O6.ClH/c43-25-18-30-33(46)40-28(16-22-6-2-1-3-7-22)32(45)37-14-15-41(34(47)23-10-12-36-13-11-23)21-31(44)39-29(35(48)42(30)20-25)17-24-19-38-27-9-5-4-8-26(24)27;/h1-9,19,23,25,28-30,36,38,43H,10-18,20-21H2,(H,37,45)(H,39,44)(H,40,46);1H/t25-,28+,29-,30+;/m1./s1. The average Bonchev–Trinajstić information content (AvgIpc) is 3.70. The number of aliphatic hydroxyl groups is 1. The Morgan fingerprint density at radius 1 is 0.857 bits per heavy atom. The maximum absolute atomic E-state index is 14.3. The van der Waals surface area contributed by atoms with Gasteiger partial charge in [0, 0.05) is 61.9 Å². The summed E-state index contributed by atoms with van der Waals surface area (Å²) in [4.78, 5) is 75.0. The van der Waals surface area contributed by atoms with Gasteiger partial charge >= 0.3 is 0 Å². The van der Waals surface area contributed by atoms with Gasteiger partial charge < -0.3 is 41.2 Å². The smallest absolute Gasteiger partial charge is 0.246 e. The van der Waals surface area contributed by atoms with Gasteiger partial charge in [0.05, 0.1) is 12.6 Å². The summed E-state index contributed by atoms with van der Waals surface area (Å²) in [6.45, 7) is 1.13. The van der Waals surface area contributed by atoms with Gasteiger partial charge in [-0.15, -0.1) is 12.4 Å². The zero-order valence-corrected chi connectivity index (χ0v) is 28.0. The lowest BCUT2D eigenvalue weighted by Crippen LogP contribution is -2.57. The lowest BCUT2D eigenvalue weighted by molar-refractivity contribution is -0.143. The first-order chi connectivity index (χ1) is 23.3. The molecule has 3 aliphatic rings. The van der Waals surface area contributed by atoms with E-state index >= 15 is 0 Å². The number of benzene rings is 2. The molecular formula is C35H44ClN7O6. The van der Waals surface area contributed by atoms with Crippen molar-refractivity contribution in [3.8, 4) is 0 Å². The number of para-hydroxylation sites is 1. The van der Waals surface area contributed by atoms with Gasteiger partial charge in [-0.2, -0.15) is 0 Å². The maximum atomic E-state index is 14.3. The fraction of sp³-hybridized carbons (Fsp3) is 0.457. The first-order valence-electron chi connectivity index (χ1n) is 16.7. The van der Waals surface area contributed by atoms with Crippen molar-refractivity contribution >= 4 is 52.8 Å². The molecule has 3 saturated heterocycles. The van der Waals surface area contributed by atoms with Crippen LogP contribution < -0.4 is 21.3 Å². The lowest BCUT2D eigenvalue weighted by atomic mass is 9.96. The van der Waals surface area contributed by atoms with E-state index in [0.29, 0.717) is 25.9 Å². The van der Waals surface area contributed by atoms with Crippen LogP contribution in [0.15, 0.2) is 60.8 Å². The summed E-state index contributed by atoms with van der Waals surface area (Å²) < 4.78 is 0. The first kappa shape index (κ1) is 35.8. The molecule has 6 N–H and O–H groups in total. The number of rotatable bonds is 5. The molecule has 4 atom stereocenters. The minimum Gasteiger partial charge on any atom is -0.391 e. The summed E-state index contributed by atoms with van der Waals surface area (Å²) in [5, 5.41) is 23.4. The van der Waals surface area contributed by atoms with Crippen molar-refractivity contribution in [2.24, 2.45) is 5.92 Å². The molecule has 3 aromatic rings. The summed E-state index contributed by atoms with van der Waals surface area (Å²) >= 11 is 0. The number of nitrogens with zero attached hydrogens (tertiary/aromatic N) is 2. The normalized spacial score (nSPS) is 24.6. The highest BCUT2D eigenvalue weighted by Gasteiger charge is 2.43. The Morgan fingerprint density at radius 3 is 2.37 bits per heavy atom. The highest BCUT2D eigenvalue weighted by atomic mass is 35.5. The second kappa shape index (κ2) is 16.3. The van der Waals surface area contributed by atoms with E-state index in [1.54, 1.807) is 6.20 Å². The quantitative estimate of drug-likeness (QED) is 0.222. The molecule has 2 aromatic carbocycles. The van der Waals surface area contributed by atoms with Crippen LogP contribution in [-0.2, 0) is 36.8 Å². The fourth-order valence-electron chi connectivity index (χ4n) is 7.00. The molecule has 14 heteroatoms. The first-order valence-corrected chi connectivity index (χ1v) is 16.7. The van der Waals surface area contributed by atoms with Gasteiger partial charge in [-0.1, -0.05) is 48.5 Å². The topological polar surface area (TPSA) is 176 Å². The van der Waals surface area contributed by atoms with E-state index in [1.807, 2.05) is 54.6 Å². The van der Waals surface area contributed by atoms with E-state index < -0.39 is 47.9 Å². The second-order valence-corrected chi connectivity index (χ2v) is 12.9. The molecule has 0 saturated carbocycles. The number of aliphatic hydroxyl groups excluding tert-OH is 1. The zero-order valence-electron chi connectivity index (χ0n) is 27.2. The molecule has 3 fully saturated rings. The molecule has 13 nitrogen and oxygen atoms in total. The number of H-pyrrole nitrogens is 1. The van der Waals surface area contributed by atoms with Crippen molar-refractivity contribution < 1.29 is 29.1 Å². The number of carbonyl (C=O) groups is 5. The van der Waals surface area contributed by atoms with Crippen LogP contribution in [0.2, 0.25) is 0 Å². The van der Waals surface area contributed by atoms with E-state index in [-0.39, 0.29) is 69.7 Å². The van der Waals surface area contributed by atoms with Crippen LogP contribution in [0.5, 0.6) is 0 Å². The Balaban J connectivity index is 0.00000468. The molecule has 0 spiro atoms. The van der Waals surface area contributed by atoms with E-state index in [4.69, 9.17) is 0 Å². The van der Waals surface area contributed by atoms with Gasteiger partial charge in [-0.25, -0.2) is 0 Å². The molecule has 5 amide bonds. The van der Waals surface area contributed by atoms with Gasteiger partial charge in [0.15, 0.2) is 0 Å². The highest BCUT2D eigenvalue weighted by Crippen LogP contribution is 2.24. The van der Waals surface area contributed by atoms with Crippen LogP contribution in [-0.4, -0.2) is 113 Å². The Kier molecular flexibility index (Phi) is 11.9. The van der Waals surface area contributed by atoms with Crippen molar-refractivity contribution in [3.05, 3.63) is 71.9 Å². The molecule has 0 bridgehead atoms. The number of fused-ring (bicyclic) bond motifs is 2. The minimum atomic E-state index is -1.09. The Labute approximate surface area is 290 Å². The zero-order chi connectivity index (χ0) is 33.6. The summed E-state index contributed by atoms with van der Waals surface area (Å²) in [5.41, 5.74) is 2.49. The SMILES string of the molecule is Cl.O=C1CN(C(=O)C2CCNCC2)CCNC(=O)[C@H](Cc2ccccc2)NC(=O)[C@@H]2C[C@@H](O)CN2C(=O)[C@@H](Cc2c[nH]c3ccccc23)N1. The number of halogens is 1. The third-order valence-electron chi connectivity index (χ3n) is 9.53.